The largest absolute Gasteiger partial charge is 0.394 e. The number of aliphatic hydroxyl groups is 2. The van der Waals surface area contributed by atoms with Gasteiger partial charge in [-0.05, 0) is 0 Å². The number of aliphatic hydroxyl groups excluding tert-OH is 2. The van der Waals surface area contributed by atoms with Crippen molar-refractivity contribution in [2.75, 3.05) is 40.3 Å². The highest BCUT2D eigenvalue weighted by atomic mass is 16.3. The average Bonchev–Trinajstić information content (AvgIpc) is 2.16. The molecule has 0 unspecified atom stereocenters. The maximum Gasteiger partial charge on any atom is 0.316 e. The lowest BCUT2D eigenvalue weighted by molar-refractivity contribution is 0.0947. The van der Waals surface area contributed by atoms with Gasteiger partial charge in [0, 0.05) is 33.7 Å². The van der Waals surface area contributed by atoms with Crippen molar-refractivity contribution < 1.29 is 15.0 Å². The van der Waals surface area contributed by atoms with E-state index in [1.807, 2.05) is 0 Å². The SMILES string of the molecule is CN(C)C(=O)NCCNC[C@H](O)CO. The topological polar surface area (TPSA) is 84.8 Å². The summed E-state index contributed by atoms with van der Waals surface area (Å²) in [6.07, 6.45) is -0.737. The Labute approximate surface area is 83.9 Å². The van der Waals surface area contributed by atoms with Crippen LogP contribution < -0.4 is 10.6 Å². The number of hydrogen-bond donors (Lipinski definition) is 4. The van der Waals surface area contributed by atoms with Gasteiger partial charge in [-0.3, -0.25) is 0 Å². The lowest BCUT2D eigenvalue weighted by Gasteiger charge is -2.13. The summed E-state index contributed by atoms with van der Waals surface area (Å²) in [5.74, 6) is 0. The zero-order chi connectivity index (χ0) is 11.0. The van der Waals surface area contributed by atoms with Gasteiger partial charge in [-0.1, -0.05) is 0 Å². The lowest BCUT2D eigenvalue weighted by atomic mass is 10.4. The van der Waals surface area contributed by atoms with Gasteiger partial charge in [-0.15, -0.1) is 0 Å². The van der Waals surface area contributed by atoms with Gasteiger partial charge in [0.2, 0.25) is 0 Å². The molecule has 6 heteroatoms. The number of rotatable bonds is 6. The molecule has 0 aliphatic rings. The third kappa shape index (κ3) is 6.64. The number of hydrogen-bond acceptors (Lipinski definition) is 4. The fourth-order valence-corrected chi connectivity index (χ4v) is 0.749. The van der Waals surface area contributed by atoms with Crippen LogP contribution in [0.25, 0.3) is 0 Å². The van der Waals surface area contributed by atoms with Crippen LogP contribution in [-0.2, 0) is 0 Å². The molecule has 4 N–H and O–H groups in total. The molecule has 0 aromatic heterocycles. The maximum absolute atomic E-state index is 11.0. The molecule has 84 valence electrons. The molecule has 0 aliphatic heterocycles. The van der Waals surface area contributed by atoms with E-state index in [2.05, 4.69) is 10.6 Å². The fourth-order valence-electron chi connectivity index (χ4n) is 0.749. The first-order valence-electron chi connectivity index (χ1n) is 4.52. The Balaban J connectivity index is 3.26. The lowest BCUT2D eigenvalue weighted by Crippen LogP contribution is -2.40. The molecule has 2 amide bonds. The van der Waals surface area contributed by atoms with E-state index in [-0.39, 0.29) is 12.6 Å². The molecule has 0 saturated heterocycles. The minimum absolute atomic E-state index is 0.144. The van der Waals surface area contributed by atoms with Gasteiger partial charge in [0.15, 0.2) is 0 Å². The van der Waals surface area contributed by atoms with E-state index in [1.54, 1.807) is 14.1 Å². The highest BCUT2D eigenvalue weighted by Gasteiger charge is 2.02. The molecular weight excluding hydrogens is 186 g/mol. The molecule has 0 rings (SSSR count). The molecule has 0 radical (unpaired) electrons. The van der Waals surface area contributed by atoms with Crippen molar-refractivity contribution in [3.8, 4) is 0 Å². The zero-order valence-electron chi connectivity index (χ0n) is 8.66. The van der Waals surface area contributed by atoms with Gasteiger partial charge in [-0.2, -0.15) is 0 Å². The number of carbonyl (C=O) groups excluding carboxylic acids is 1. The highest BCUT2D eigenvalue weighted by Crippen LogP contribution is 1.77. The molecule has 0 fully saturated rings. The number of amides is 2. The van der Waals surface area contributed by atoms with Crippen molar-refractivity contribution >= 4 is 6.03 Å². The van der Waals surface area contributed by atoms with Crippen LogP contribution >= 0.6 is 0 Å². The Hall–Kier alpha value is -0.850. The van der Waals surface area contributed by atoms with E-state index in [0.29, 0.717) is 19.6 Å². The first-order valence-corrected chi connectivity index (χ1v) is 4.52. The molecule has 1 atom stereocenters. The molecule has 14 heavy (non-hydrogen) atoms. The Morgan fingerprint density at radius 1 is 1.43 bits per heavy atom. The summed E-state index contributed by atoms with van der Waals surface area (Å²) >= 11 is 0. The number of nitrogens with zero attached hydrogens (tertiary/aromatic N) is 1. The molecule has 0 saturated carbocycles. The van der Waals surface area contributed by atoms with Gasteiger partial charge in [0.1, 0.15) is 0 Å². The maximum atomic E-state index is 11.0. The molecule has 0 aromatic carbocycles. The van der Waals surface area contributed by atoms with E-state index >= 15 is 0 Å². The van der Waals surface area contributed by atoms with Crippen molar-refractivity contribution in [2.45, 2.75) is 6.10 Å². The van der Waals surface area contributed by atoms with Crippen LogP contribution in [0, 0.1) is 0 Å². The molecule has 0 heterocycles. The molecule has 0 bridgehead atoms. The smallest absolute Gasteiger partial charge is 0.316 e. The third-order valence-corrected chi connectivity index (χ3v) is 1.57. The normalized spacial score (nSPS) is 12.3. The summed E-state index contributed by atoms with van der Waals surface area (Å²) in [6, 6.07) is -0.144. The van der Waals surface area contributed by atoms with E-state index < -0.39 is 6.10 Å². The summed E-state index contributed by atoms with van der Waals surface area (Å²) in [4.78, 5) is 12.4. The first kappa shape index (κ1) is 13.2. The summed E-state index contributed by atoms with van der Waals surface area (Å²) < 4.78 is 0. The molecular formula is C8H19N3O3. The van der Waals surface area contributed by atoms with Crippen molar-refractivity contribution in [3.63, 3.8) is 0 Å². The first-order chi connectivity index (χ1) is 6.57. The monoisotopic (exact) mass is 205 g/mol. The van der Waals surface area contributed by atoms with Crippen LogP contribution in [0.4, 0.5) is 4.79 Å². The van der Waals surface area contributed by atoms with E-state index in [0.717, 1.165) is 0 Å². The van der Waals surface area contributed by atoms with Gasteiger partial charge in [-0.25, -0.2) is 4.79 Å². The Morgan fingerprint density at radius 3 is 2.57 bits per heavy atom. The molecule has 0 aromatic rings. The summed E-state index contributed by atoms with van der Waals surface area (Å²) in [5.41, 5.74) is 0. The Morgan fingerprint density at radius 2 is 2.07 bits per heavy atom. The minimum Gasteiger partial charge on any atom is -0.394 e. The van der Waals surface area contributed by atoms with Gasteiger partial charge < -0.3 is 25.7 Å². The van der Waals surface area contributed by atoms with Crippen molar-refractivity contribution in [3.05, 3.63) is 0 Å². The summed E-state index contributed by atoms with van der Waals surface area (Å²) in [5, 5.41) is 23.0. The van der Waals surface area contributed by atoms with E-state index in [9.17, 15) is 4.79 Å². The van der Waals surface area contributed by atoms with Crippen molar-refractivity contribution in [2.24, 2.45) is 0 Å². The second-order valence-electron chi connectivity index (χ2n) is 3.17. The quantitative estimate of drug-likeness (QED) is 0.385. The second-order valence-corrected chi connectivity index (χ2v) is 3.17. The van der Waals surface area contributed by atoms with Crippen LogP contribution in [0.2, 0.25) is 0 Å². The number of nitrogens with one attached hydrogen (secondary N) is 2. The van der Waals surface area contributed by atoms with Crippen molar-refractivity contribution in [1.29, 1.82) is 0 Å². The Kier molecular flexibility index (Phi) is 7.09. The average molecular weight is 205 g/mol. The van der Waals surface area contributed by atoms with Crippen molar-refractivity contribution in [1.82, 2.24) is 15.5 Å². The molecule has 0 aliphatic carbocycles. The standard InChI is InChI=1S/C8H19N3O3/c1-11(2)8(14)10-4-3-9-5-7(13)6-12/h7,9,12-13H,3-6H2,1-2H3,(H,10,14)/t7-/m0/s1. The Bertz CT molecular complexity index is 164. The van der Waals surface area contributed by atoms with Crippen LogP contribution in [0.3, 0.4) is 0 Å². The molecule has 6 nitrogen and oxygen atoms in total. The third-order valence-electron chi connectivity index (χ3n) is 1.57. The predicted octanol–water partition coefficient (Wildman–Crippen LogP) is -1.80. The second kappa shape index (κ2) is 7.54. The fraction of sp³-hybridized carbons (Fsp3) is 0.875. The predicted molar refractivity (Wildman–Crippen MR) is 53.0 cm³/mol. The summed E-state index contributed by atoms with van der Waals surface area (Å²) in [6.45, 7) is 1.14. The highest BCUT2D eigenvalue weighted by molar-refractivity contribution is 5.73. The number of carbonyl (C=O) groups is 1. The van der Waals surface area contributed by atoms with Gasteiger partial charge in [0.25, 0.3) is 0 Å². The van der Waals surface area contributed by atoms with Crippen LogP contribution in [0.5, 0.6) is 0 Å². The van der Waals surface area contributed by atoms with Gasteiger partial charge >= 0.3 is 6.03 Å². The van der Waals surface area contributed by atoms with E-state index in [4.69, 9.17) is 10.2 Å². The zero-order valence-corrected chi connectivity index (χ0v) is 8.66. The minimum atomic E-state index is -0.737. The van der Waals surface area contributed by atoms with Crippen LogP contribution in [-0.4, -0.2) is 67.6 Å². The van der Waals surface area contributed by atoms with Crippen LogP contribution in [0.1, 0.15) is 0 Å². The van der Waals surface area contributed by atoms with Crippen LogP contribution in [0.15, 0.2) is 0 Å². The van der Waals surface area contributed by atoms with Gasteiger partial charge in [0.05, 0.1) is 12.7 Å². The summed E-state index contributed by atoms with van der Waals surface area (Å²) in [7, 11) is 3.33. The molecule has 0 spiro atoms. The van der Waals surface area contributed by atoms with E-state index in [1.165, 1.54) is 4.90 Å². The number of urea groups is 1.